The molecule has 0 spiro atoms. The fourth-order valence-corrected chi connectivity index (χ4v) is 2.33. The maximum Gasteiger partial charge on any atom is 0.251 e. The minimum atomic E-state index is -0.134. The lowest BCUT2D eigenvalue weighted by atomic mass is 10.1. The summed E-state index contributed by atoms with van der Waals surface area (Å²) < 4.78 is 0. The third-order valence-corrected chi connectivity index (χ3v) is 3.58. The molecule has 0 fully saturated rings. The molecule has 2 amide bonds. The maximum atomic E-state index is 11.9. The summed E-state index contributed by atoms with van der Waals surface area (Å²) in [6.07, 6.45) is 5.52. The van der Waals surface area contributed by atoms with Crippen molar-refractivity contribution in [2.45, 2.75) is 6.42 Å². The van der Waals surface area contributed by atoms with E-state index in [0.29, 0.717) is 24.3 Å². The molecule has 5 heteroatoms. The predicted octanol–water partition coefficient (Wildman–Crippen LogP) is 1.28. The van der Waals surface area contributed by atoms with Gasteiger partial charge in [-0.3, -0.25) is 9.59 Å². The summed E-state index contributed by atoms with van der Waals surface area (Å²) in [6, 6.07) is 5.27. The van der Waals surface area contributed by atoms with Crippen molar-refractivity contribution in [2.75, 3.05) is 23.4 Å². The van der Waals surface area contributed by atoms with E-state index < -0.39 is 0 Å². The first-order chi connectivity index (χ1) is 9.20. The second-order valence-corrected chi connectivity index (χ2v) is 5.21. The maximum absolute atomic E-state index is 11.9. The predicted molar refractivity (Wildman–Crippen MR) is 77.3 cm³/mol. The number of amides is 2. The van der Waals surface area contributed by atoms with E-state index in [4.69, 9.17) is 6.42 Å². The van der Waals surface area contributed by atoms with Crippen LogP contribution in [0, 0.1) is 12.3 Å². The van der Waals surface area contributed by atoms with E-state index in [1.807, 2.05) is 6.07 Å². The summed E-state index contributed by atoms with van der Waals surface area (Å²) in [5.41, 5.74) is 2.23. The number of anilines is 1. The van der Waals surface area contributed by atoms with Crippen molar-refractivity contribution in [3.8, 4) is 12.3 Å². The zero-order chi connectivity index (χ0) is 13.7. The number of fused-ring (bicyclic) bond motifs is 1. The van der Waals surface area contributed by atoms with Gasteiger partial charge in [-0.1, -0.05) is 12.0 Å². The van der Waals surface area contributed by atoms with Crippen LogP contribution < -0.4 is 10.6 Å². The van der Waals surface area contributed by atoms with Crippen LogP contribution in [0.4, 0.5) is 5.69 Å². The van der Waals surface area contributed by atoms with Crippen LogP contribution in [-0.4, -0.2) is 29.9 Å². The Morgan fingerprint density at radius 1 is 1.53 bits per heavy atom. The largest absolute Gasteiger partial charge is 0.351 e. The van der Waals surface area contributed by atoms with Crippen LogP contribution in [0.1, 0.15) is 15.9 Å². The summed E-state index contributed by atoms with van der Waals surface area (Å²) in [6.45, 7) is 0.578. The van der Waals surface area contributed by atoms with E-state index in [1.165, 1.54) is 0 Å². The number of carbonyl (C=O) groups is 2. The molecule has 1 aliphatic rings. The van der Waals surface area contributed by atoms with Crippen LogP contribution in [0.15, 0.2) is 18.2 Å². The van der Waals surface area contributed by atoms with Gasteiger partial charge in [0.1, 0.15) is 0 Å². The fourth-order valence-electron chi connectivity index (χ4n) is 1.83. The average molecular weight is 274 g/mol. The van der Waals surface area contributed by atoms with Gasteiger partial charge >= 0.3 is 0 Å². The summed E-state index contributed by atoms with van der Waals surface area (Å²) >= 11 is 1.60. The van der Waals surface area contributed by atoms with Crippen molar-refractivity contribution in [1.82, 2.24) is 5.32 Å². The molecule has 0 saturated carbocycles. The highest BCUT2D eigenvalue weighted by atomic mass is 32.2. The van der Waals surface area contributed by atoms with Crippen molar-refractivity contribution in [2.24, 2.45) is 0 Å². The van der Waals surface area contributed by atoms with Gasteiger partial charge in [-0.2, -0.15) is 0 Å². The van der Waals surface area contributed by atoms with Gasteiger partial charge in [-0.25, -0.2) is 0 Å². The van der Waals surface area contributed by atoms with Crippen LogP contribution in [0.25, 0.3) is 0 Å². The van der Waals surface area contributed by atoms with Gasteiger partial charge in [0.05, 0.1) is 12.2 Å². The lowest BCUT2D eigenvalue weighted by Gasteiger charge is -2.06. The number of carbonyl (C=O) groups excluding carboxylic acids is 2. The van der Waals surface area contributed by atoms with Gasteiger partial charge in [-0.05, 0) is 17.7 Å². The van der Waals surface area contributed by atoms with Crippen LogP contribution in [-0.2, 0) is 11.2 Å². The summed E-state index contributed by atoms with van der Waals surface area (Å²) in [7, 11) is 0. The zero-order valence-corrected chi connectivity index (χ0v) is 11.2. The molecule has 98 valence electrons. The third kappa shape index (κ3) is 3.52. The van der Waals surface area contributed by atoms with E-state index in [9.17, 15) is 9.59 Å². The number of hydrogen-bond donors (Lipinski definition) is 2. The molecule has 2 N–H and O–H groups in total. The van der Waals surface area contributed by atoms with E-state index in [-0.39, 0.29) is 11.8 Å². The van der Waals surface area contributed by atoms with Crippen molar-refractivity contribution in [1.29, 1.82) is 0 Å². The van der Waals surface area contributed by atoms with Crippen molar-refractivity contribution >= 4 is 29.3 Å². The molecular weight excluding hydrogens is 260 g/mol. The molecule has 2 rings (SSSR count). The molecule has 0 aromatic heterocycles. The van der Waals surface area contributed by atoms with Gasteiger partial charge in [0.2, 0.25) is 5.91 Å². The molecule has 19 heavy (non-hydrogen) atoms. The first kappa shape index (κ1) is 13.5. The van der Waals surface area contributed by atoms with E-state index >= 15 is 0 Å². The molecule has 0 bridgehead atoms. The van der Waals surface area contributed by atoms with E-state index in [0.717, 1.165) is 17.0 Å². The normalized spacial score (nSPS) is 12.5. The molecule has 0 saturated heterocycles. The minimum Gasteiger partial charge on any atom is -0.351 e. The Morgan fingerprint density at radius 3 is 3.16 bits per heavy atom. The van der Waals surface area contributed by atoms with Gasteiger partial charge in [-0.15, -0.1) is 18.2 Å². The second kappa shape index (κ2) is 6.30. The molecule has 1 heterocycles. The summed E-state index contributed by atoms with van der Waals surface area (Å²) in [5.74, 6) is 3.81. The Kier molecular flexibility index (Phi) is 4.48. The van der Waals surface area contributed by atoms with Crippen molar-refractivity contribution in [3.63, 3.8) is 0 Å². The standard InChI is InChI=1S/C14H14N2O2S/c1-2-6-19-7-5-15-14(18)11-4-3-10-9-13(17)16-12(10)8-11/h1,3-4,8H,5-7,9H2,(H,15,18)(H,16,17). The van der Waals surface area contributed by atoms with E-state index in [1.54, 1.807) is 23.9 Å². The molecule has 0 atom stereocenters. The first-order valence-corrected chi connectivity index (χ1v) is 7.08. The lowest BCUT2D eigenvalue weighted by Crippen LogP contribution is -2.25. The topological polar surface area (TPSA) is 58.2 Å². The molecule has 0 unspecified atom stereocenters. The molecule has 0 radical (unpaired) electrons. The van der Waals surface area contributed by atoms with Gasteiger partial charge in [0, 0.05) is 23.5 Å². The van der Waals surface area contributed by atoms with Crippen molar-refractivity contribution in [3.05, 3.63) is 29.3 Å². The quantitative estimate of drug-likeness (QED) is 0.628. The first-order valence-electron chi connectivity index (χ1n) is 5.93. The molecule has 1 aliphatic heterocycles. The zero-order valence-electron chi connectivity index (χ0n) is 10.4. The van der Waals surface area contributed by atoms with Crippen molar-refractivity contribution < 1.29 is 9.59 Å². The Balaban J connectivity index is 1.88. The number of hydrogen-bond acceptors (Lipinski definition) is 3. The smallest absolute Gasteiger partial charge is 0.251 e. The van der Waals surface area contributed by atoms with Gasteiger partial charge in [0.25, 0.3) is 5.91 Å². The highest BCUT2D eigenvalue weighted by Crippen LogP contribution is 2.23. The summed E-state index contributed by atoms with van der Waals surface area (Å²) in [5, 5.41) is 5.55. The number of terminal acetylenes is 1. The van der Waals surface area contributed by atoms with Crippen LogP contribution >= 0.6 is 11.8 Å². The Bertz CT molecular complexity index is 549. The Hall–Kier alpha value is -1.93. The third-order valence-electron chi connectivity index (χ3n) is 2.71. The average Bonchev–Trinajstić information content (AvgIpc) is 2.77. The van der Waals surface area contributed by atoms with E-state index in [2.05, 4.69) is 16.6 Å². The number of benzene rings is 1. The second-order valence-electron chi connectivity index (χ2n) is 4.11. The molecule has 1 aromatic carbocycles. The van der Waals surface area contributed by atoms with Gasteiger partial charge in [0.15, 0.2) is 0 Å². The minimum absolute atomic E-state index is 0.0294. The Morgan fingerprint density at radius 2 is 2.37 bits per heavy atom. The van der Waals surface area contributed by atoms with Crippen LogP contribution in [0.2, 0.25) is 0 Å². The number of nitrogens with one attached hydrogen (secondary N) is 2. The van der Waals surface area contributed by atoms with Crippen LogP contribution in [0.5, 0.6) is 0 Å². The molecule has 1 aromatic rings. The SMILES string of the molecule is C#CCSCCNC(=O)c1ccc2c(c1)NC(=O)C2. The summed E-state index contributed by atoms with van der Waals surface area (Å²) in [4.78, 5) is 23.1. The van der Waals surface area contributed by atoms with Gasteiger partial charge < -0.3 is 10.6 Å². The molecular formula is C14H14N2O2S. The Labute approximate surface area is 116 Å². The monoisotopic (exact) mass is 274 g/mol. The fraction of sp³-hybridized carbons (Fsp3) is 0.286. The highest BCUT2D eigenvalue weighted by Gasteiger charge is 2.18. The molecule has 4 nitrogen and oxygen atoms in total. The lowest BCUT2D eigenvalue weighted by molar-refractivity contribution is -0.115. The number of thioether (sulfide) groups is 1. The highest BCUT2D eigenvalue weighted by molar-refractivity contribution is 7.99. The molecule has 0 aliphatic carbocycles. The number of rotatable bonds is 5. The van der Waals surface area contributed by atoms with Crippen LogP contribution in [0.3, 0.4) is 0 Å².